The molecule has 6 heteroatoms. The number of para-hydroxylation sites is 1. The molecule has 2 aromatic rings. The topological polar surface area (TPSA) is 61.5 Å². The van der Waals surface area contributed by atoms with Crippen molar-refractivity contribution in [1.29, 1.82) is 0 Å². The van der Waals surface area contributed by atoms with Crippen LogP contribution in [0.5, 0.6) is 5.75 Å². The summed E-state index contributed by atoms with van der Waals surface area (Å²) in [6, 6.07) is 8.77. The van der Waals surface area contributed by atoms with Crippen molar-refractivity contribution in [1.82, 2.24) is 20.0 Å². The Labute approximate surface area is 189 Å². The highest BCUT2D eigenvalue weighted by Crippen LogP contribution is 2.45. The van der Waals surface area contributed by atoms with E-state index in [-0.39, 0.29) is 11.9 Å². The summed E-state index contributed by atoms with van der Waals surface area (Å²) < 4.78 is 5.55. The first kappa shape index (κ1) is 20.0. The number of carbonyl (C=O) groups is 1. The fourth-order valence-electron chi connectivity index (χ4n) is 6.86. The lowest BCUT2D eigenvalue weighted by Crippen LogP contribution is -2.60. The summed E-state index contributed by atoms with van der Waals surface area (Å²) in [5.41, 5.74) is 3.78. The van der Waals surface area contributed by atoms with Crippen molar-refractivity contribution in [3.8, 4) is 17.0 Å². The summed E-state index contributed by atoms with van der Waals surface area (Å²) in [7, 11) is 1.66. The van der Waals surface area contributed by atoms with Gasteiger partial charge in [-0.1, -0.05) is 30.2 Å². The first-order valence-electron chi connectivity index (χ1n) is 12.2. The lowest BCUT2D eigenvalue weighted by molar-refractivity contribution is 0.00150. The zero-order valence-electron chi connectivity index (χ0n) is 18.8. The molecule has 168 valence electrons. The highest BCUT2D eigenvalue weighted by Gasteiger charge is 2.47. The number of piperidine rings is 3. The van der Waals surface area contributed by atoms with Crippen LogP contribution in [0.3, 0.4) is 0 Å². The Morgan fingerprint density at radius 2 is 2.09 bits per heavy atom. The van der Waals surface area contributed by atoms with Gasteiger partial charge in [0.1, 0.15) is 5.75 Å². The number of aromatic nitrogens is 2. The molecule has 1 amide bonds. The van der Waals surface area contributed by atoms with Crippen LogP contribution in [0.25, 0.3) is 11.3 Å². The second kappa shape index (κ2) is 8.07. The number of carbonyl (C=O) groups excluding carboxylic acids is 1. The molecule has 3 saturated heterocycles. The number of benzene rings is 1. The van der Waals surface area contributed by atoms with E-state index in [0.717, 1.165) is 49.0 Å². The van der Waals surface area contributed by atoms with Crippen molar-refractivity contribution >= 4 is 5.91 Å². The Morgan fingerprint density at radius 1 is 1.19 bits per heavy atom. The van der Waals surface area contributed by atoms with Crippen LogP contribution in [0.2, 0.25) is 0 Å². The number of rotatable bonds is 3. The van der Waals surface area contributed by atoms with Crippen LogP contribution in [-0.2, 0) is 0 Å². The van der Waals surface area contributed by atoms with Gasteiger partial charge in [-0.25, -0.2) is 0 Å². The van der Waals surface area contributed by atoms with Gasteiger partial charge in [-0.05, 0) is 62.6 Å². The summed E-state index contributed by atoms with van der Waals surface area (Å²) in [6.45, 7) is 3.18. The van der Waals surface area contributed by atoms with Gasteiger partial charge in [0.25, 0.3) is 5.91 Å². The maximum absolute atomic E-state index is 13.9. The van der Waals surface area contributed by atoms with Crippen LogP contribution in [-0.4, -0.2) is 64.7 Å². The third-order valence-electron chi connectivity index (χ3n) is 8.16. The van der Waals surface area contributed by atoms with Gasteiger partial charge < -0.3 is 9.64 Å². The molecule has 0 unspecified atom stereocenters. The Hall–Kier alpha value is -2.60. The highest BCUT2D eigenvalue weighted by molar-refractivity contribution is 6.00. The molecule has 1 N–H and O–H groups in total. The number of hydrogen-bond donors (Lipinski definition) is 1. The molecule has 4 atom stereocenters. The summed E-state index contributed by atoms with van der Waals surface area (Å²) in [5.74, 6) is 2.05. The summed E-state index contributed by atoms with van der Waals surface area (Å²) in [6.07, 6.45) is 11.7. The van der Waals surface area contributed by atoms with E-state index in [9.17, 15) is 4.79 Å². The van der Waals surface area contributed by atoms with Gasteiger partial charge in [-0.15, -0.1) is 0 Å². The van der Waals surface area contributed by atoms with Gasteiger partial charge in [-0.2, -0.15) is 5.10 Å². The smallest absolute Gasteiger partial charge is 0.258 e. The molecule has 0 saturated carbocycles. The summed E-state index contributed by atoms with van der Waals surface area (Å²) >= 11 is 0. The molecule has 32 heavy (non-hydrogen) atoms. The van der Waals surface area contributed by atoms with Gasteiger partial charge in [-0.3, -0.25) is 14.8 Å². The number of nitrogens with zero attached hydrogens (tertiary/aromatic N) is 3. The molecular formula is C26H32N4O2. The number of nitrogens with one attached hydrogen (secondary N) is 1. The number of ether oxygens (including phenoxy) is 1. The fourth-order valence-corrected chi connectivity index (χ4v) is 6.86. The molecule has 2 bridgehead atoms. The van der Waals surface area contributed by atoms with E-state index < -0.39 is 0 Å². The van der Waals surface area contributed by atoms with Gasteiger partial charge in [0.05, 0.1) is 30.6 Å². The lowest BCUT2D eigenvalue weighted by atomic mass is 9.68. The van der Waals surface area contributed by atoms with E-state index in [0.29, 0.717) is 17.4 Å². The maximum Gasteiger partial charge on any atom is 0.258 e. The van der Waals surface area contributed by atoms with E-state index in [4.69, 9.17) is 4.74 Å². The molecule has 3 fully saturated rings. The highest BCUT2D eigenvalue weighted by atomic mass is 16.5. The molecule has 6 nitrogen and oxygen atoms in total. The van der Waals surface area contributed by atoms with E-state index >= 15 is 0 Å². The number of H-pyrrole nitrogens is 1. The zero-order chi connectivity index (χ0) is 21.7. The number of likely N-dealkylation sites (tertiary alicyclic amines) is 1. The average Bonchev–Trinajstić information content (AvgIpc) is 3.33. The third kappa shape index (κ3) is 3.19. The molecule has 1 aliphatic carbocycles. The van der Waals surface area contributed by atoms with Crippen molar-refractivity contribution < 1.29 is 9.53 Å². The molecule has 4 aliphatic rings. The van der Waals surface area contributed by atoms with Crippen molar-refractivity contribution in [2.75, 3.05) is 26.7 Å². The van der Waals surface area contributed by atoms with Gasteiger partial charge in [0.15, 0.2) is 0 Å². The number of fused-ring (bicyclic) bond motifs is 6. The quantitative estimate of drug-likeness (QED) is 0.741. The molecule has 4 heterocycles. The second-order valence-electron chi connectivity index (χ2n) is 9.87. The van der Waals surface area contributed by atoms with Crippen molar-refractivity contribution in [3.05, 3.63) is 47.7 Å². The van der Waals surface area contributed by atoms with Gasteiger partial charge in [0, 0.05) is 24.7 Å². The first-order chi connectivity index (χ1) is 15.7. The summed E-state index contributed by atoms with van der Waals surface area (Å²) in [5, 5.41) is 7.33. The standard InChI is InChI=1S/C26H32N4O2/c1-32-23-10-3-2-8-20(23)24-21(15-27-28-24)26(31)30-12-6-7-17-13-18-14-19(25(17)30)16-29-11-5-4-9-22(18)29/h2-3,8,10,13,15,18-19,22,25H,4-7,9,11-12,14,16H2,1H3,(H,27,28)/t18-,19-,22+,25+/m0/s1. The molecule has 3 aliphatic heterocycles. The monoisotopic (exact) mass is 432 g/mol. The number of aromatic amines is 1. The average molecular weight is 433 g/mol. The minimum Gasteiger partial charge on any atom is -0.496 e. The fraction of sp³-hybridized carbons (Fsp3) is 0.538. The van der Waals surface area contributed by atoms with E-state index in [1.165, 1.54) is 37.8 Å². The van der Waals surface area contributed by atoms with Crippen molar-refractivity contribution in [2.45, 2.75) is 50.6 Å². The second-order valence-corrected chi connectivity index (χ2v) is 9.87. The first-order valence-corrected chi connectivity index (χ1v) is 12.2. The number of hydrogen-bond acceptors (Lipinski definition) is 4. The van der Waals surface area contributed by atoms with Crippen LogP contribution in [0.15, 0.2) is 42.1 Å². The Bertz CT molecular complexity index is 1040. The maximum atomic E-state index is 13.9. The van der Waals surface area contributed by atoms with E-state index in [1.54, 1.807) is 13.3 Å². The Morgan fingerprint density at radius 3 is 3.00 bits per heavy atom. The van der Waals surface area contributed by atoms with Crippen LogP contribution in [0.4, 0.5) is 0 Å². The van der Waals surface area contributed by atoms with Gasteiger partial charge >= 0.3 is 0 Å². The normalized spacial score (nSPS) is 29.7. The summed E-state index contributed by atoms with van der Waals surface area (Å²) in [4.78, 5) is 18.8. The molecule has 0 radical (unpaired) electrons. The van der Waals surface area contributed by atoms with E-state index in [2.05, 4.69) is 26.1 Å². The lowest BCUT2D eigenvalue weighted by Gasteiger charge is -2.54. The minimum absolute atomic E-state index is 0.0921. The molecule has 0 spiro atoms. The molecule has 1 aromatic heterocycles. The predicted molar refractivity (Wildman–Crippen MR) is 124 cm³/mol. The SMILES string of the molecule is COc1ccccc1-c1[nH]ncc1C(=O)N1CCCC2=C[C@H]3C[C@@H](CN4CCCC[C@H]34)[C@@H]21. The van der Waals surface area contributed by atoms with Crippen molar-refractivity contribution in [2.24, 2.45) is 11.8 Å². The van der Waals surface area contributed by atoms with Crippen molar-refractivity contribution in [3.63, 3.8) is 0 Å². The van der Waals surface area contributed by atoms with Crippen LogP contribution >= 0.6 is 0 Å². The molecule has 6 rings (SSSR count). The minimum atomic E-state index is 0.0921. The zero-order valence-corrected chi connectivity index (χ0v) is 18.8. The number of methoxy groups -OCH3 is 1. The molecular weight excluding hydrogens is 400 g/mol. The van der Waals surface area contributed by atoms with Crippen LogP contribution in [0, 0.1) is 11.8 Å². The predicted octanol–water partition coefficient (Wildman–Crippen LogP) is 4.12. The third-order valence-corrected chi connectivity index (χ3v) is 8.16. The Balaban J connectivity index is 1.34. The molecule has 1 aromatic carbocycles. The van der Waals surface area contributed by atoms with Gasteiger partial charge in [0.2, 0.25) is 0 Å². The largest absolute Gasteiger partial charge is 0.496 e. The Kier molecular flexibility index (Phi) is 5.05. The van der Waals surface area contributed by atoms with Crippen LogP contribution < -0.4 is 4.74 Å². The van der Waals surface area contributed by atoms with E-state index in [1.807, 2.05) is 24.3 Å². The number of amides is 1. The van der Waals surface area contributed by atoms with Crippen LogP contribution in [0.1, 0.15) is 48.9 Å².